The lowest BCUT2D eigenvalue weighted by molar-refractivity contribution is -0.116. The van der Waals surface area contributed by atoms with Crippen molar-refractivity contribution in [2.75, 3.05) is 17.2 Å². The van der Waals surface area contributed by atoms with Crippen molar-refractivity contribution in [3.63, 3.8) is 0 Å². The average Bonchev–Trinajstić information content (AvgIpc) is 2.62. The number of carbonyl (C=O) groups is 2. The number of carbonyl (C=O) groups excluding carboxylic acids is 2. The Morgan fingerprint density at radius 2 is 1.38 bits per heavy atom. The molecule has 0 aliphatic rings. The molecule has 0 fully saturated rings. The maximum atomic E-state index is 12.4. The molecule has 2 aromatic carbocycles. The van der Waals surface area contributed by atoms with Gasteiger partial charge in [-0.2, -0.15) is 0 Å². The standard InChI is InChI=1S/C24H33N3O2/c1-16(2)23(18-7-9-19(10-8-18)24(4,5)6)25-15-22(29)27-21-13-11-20(12-14-21)26-17(3)28/h7-14,16,23,25H,15H2,1-6H3,(H,26,28)(H,27,29)/t23-/m1/s1. The Hall–Kier alpha value is -2.66. The van der Waals surface area contributed by atoms with Crippen LogP contribution in [0.25, 0.3) is 0 Å². The van der Waals surface area contributed by atoms with Gasteiger partial charge in [-0.1, -0.05) is 58.9 Å². The van der Waals surface area contributed by atoms with E-state index in [1.807, 2.05) is 0 Å². The van der Waals surface area contributed by atoms with Gasteiger partial charge in [-0.25, -0.2) is 0 Å². The van der Waals surface area contributed by atoms with Crippen LogP contribution in [-0.2, 0) is 15.0 Å². The highest BCUT2D eigenvalue weighted by Crippen LogP contribution is 2.26. The zero-order valence-corrected chi connectivity index (χ0v) is 18.3. The van der Waals surface area contributed by atoms with E-state index in [-0.39, 0.29) is 29.8 Å². The maximum absolute atomic E-state index is 12.4. The quantitative estimate of drug-likeness (QED) is 0.626. The van der Waals surface area contributed by atoms with Crippen LogP contribution in [0.2, 0.25) is 0 Å². The van der Waals surface area contributed by atoms with E-state index in [4.69, 9.17) is 0 Å². The van der Waals surface area contributed by atoms with Gasteiger partial charge in [0.1, 0.15) is 0 Å². The summed E-state index contributed by atoms with van der Waals surface area (Å²) in [5, 5.41) is 8.97. The van der Waals surface area contributed by atoms with Crippen LogP contribution in [0.3, 0.4) is 0 Å². The van der Waals surface area contributed by atoms with Crippen molar-refractivity contribution in [3.05, 3.63) is 59.7 Å². The zero-order valence-electron chi connectivity index (χ0n) is 18.3. The van der Waals surface area contributed by atoms with E-state index in [2.05, 4.69) is 74.8 Å². The predicted octanol–water partition coefficient (Wildman–Crippen LogP) is 4.87. The van der Waals surface area contributed by atoms with Crippen LogP contribution >= 0.6 is 0 Å². The first-order valence-corrected chi connectivity index (χ1v) is 10.1. The molecular formula is C24H33N3O2. The minimum Gasteiger partial charge on any atom is -0.326 e. The summed E-state index contributed by atoms with van der Waals surface area (Å²) in [5.41, 5.74) is 3.99. The van der Waals surface area contributed by atoms with E-state index in [1.54, 1.807) is 24.3 Å². The second-order valence-corrected chi connectivity index (χ2v) is 8.78. The SMILES string of the molecule is CC(=O)Nc1ccc(NC(=O)CN[C@@H](c2ccc(C(C)(C)C)cc2)C(C)C)cc1. The minimum absolute atomic E-state index is 0.0944. The van der Waals surface area contributed by atoms with E-state index in [9.17, 15) is 9.59 Å². The van der Waals surface area contributed by atoms with Crippen LogP contribution in [0.1, 0.15) is 58.7 Å². The number of anilines is 2. The van der Waals surface area contributed by atoms with E-state index in [0.717, 1.165) is 0 Å². The Labute approximate surface area is 174 Å². The molecule has 0 spiro atoms. The Bertz CT molecular complexity index is 819. The molecule has 2 rings (SSSR count). The van der Waals surface area contributed by atoms with Gasteiger partial charge in [-0.15, -0.1) is 0 Å². The fraction of sp³-hybridized carbons (Fsp3) is 0.417. The van der Waals surface area contributed by atoms with Gasteiger partial charge in [0.05, 0.1) is 6.54 Å². The third-order valence-electron chi connectivity index (χ3n) is 4.77. The summed E-state index contributed by atoms with van der Waals surface area (Å²) in [6.07, 6.45) is 0. The number of hydrogen-bond donors (Lipinski definition) is 3. The molecule has 29 heavy (non-hydrogen) atoms. The summed E-state index contributed by atoms with van der Waals surface area (Å²) in [5.74, 6) is 0.121. The van der Waals surface area contributed by atoms with Gasteiger partial charge in [0.25, 0.3) is 0 Å². The number of nitrogens with one attached hydrogen (secondary N) is 3. The highest BCUT2D eigenvalue weighted by atomic mass is 16.2. The monoisotopic (exact) mass is 395 g/mol. The summed E-state index contributed by atoms with van der Waals surface area (Å²) >= 11 is 0. The third-order valence-corrected chi connectivity index (χ3v) is 4.77. The summed E-state index contributed by atoms with van der Waals surface area (Å²) in [4.78, 5) is 23.5. The summed E-state index contributed by atoms with van der Waals surface area (Å²) < 4.78 is 0. The summed E-state index contributed by atoms with van der Waals surface area (Å²) in [7, 11) is 0. The molecule has 5 nitrogen and oxygen atoms in total. The molecule has 0 aliphatic carbocycles. The lowest BCUT2D eigenvalue weighted by Gasteiger charge is -2.25. The van der Waals surface area contributed by atoms with Crippen LogP contribution in [0.5, 0.6) is 0 Å². The molecule has 0 saturated carbocycles. The molecule has 2 aromatic rings. The van der Waals surface area contributed by atoms with Crippen LogP contribution < -0.4 is 16.0 Å². The molecule has 156 valence electrons. The average molecular weight is 396 g/mol. The normalized spacial score (nSPS) is 12.5. The molecule has 0 heterocycles. The van der Waals surface area contributed by atoms with E-state index in [1.165, 1.54) is 18.1 Å². The number of hydrogen-bond acceptors (Lipinski definition) is 3. The van der Waals surface area contributed by atoms with Crippen LogP contribution in [-0.4, -0.2) is 18.4 Å². The van der Waals surface area contributed by atoms with Crippen molar-refractivity contribution >= 4 is 23.2 Å². The highest BCUT2D eigenvalue weighted by Gasteiger charge is 2.18. The smallest absolute Gasteiger partial charge is 0.238 e. The highest BCUT2D eigenvalue weighted by molar-refractivity contribution is 5.93. The van der Waals surface area contributed by atoms with Crippen molar-refractivity contribution in [2.24, 2.45) is 5.92 Å². The zero-order chi connectivity index (χ0) is 21.6. The molecule has 0 unspecified atom stereocenters. The Morgan fingerprint density at radius 3 is 1.83 bits per heavy atom. The van der Waals surface area contributed by atoms with Crippen LogP contribution in [0.4, 0.5) is 11.4 Å². The van der Waals surface area contributed by atoms with Gasteiger partial charge in [0.15, 0.2) is 0 Å². The Balaban J connectivity index is 1.96. The van der Waals surface area contributed by atoms with Crippen LogP contribution in [0.15, 0.2) is 48.5 Å². The van der Waals surface area contributed by atoms with Gasteiger partial charge in [-0.3, -0.25) is 9.59 Å². The molecule has 0 radical (unpaired) electrons. The van der Waals surface area contributed by atoms with Gasteiger partial charge >= 0.3 is 0 Å². The van der Waals surface area contributed by atoms with Gasteiger partial charge < -0.3 is 16.0 Å². The Morgan fingerprint density at radius 1 is 0.862 bits per heavy atom. The van der Waals surface area contributed by atoms with Crippen molar-refractivity contribution in [1.82, 2.24) is 5.32 Å². The van der Waals surface area contributed by atoms with Crippen molar-refractivity contribution < 1.29 is 9.59 Å². The van der Waals surface area contributed by atoms with E-state index >= 15 is 0 Å². The molecular weight excluding hydrogens is 362 g/mol. The molecule has 0 bridgehead atoms. The molecule has 0 aliphatic heterocycles. The topological polar surface area (TPSA) is 70.2 Å². The first kappa shape index (κ1) is 22.6. The van der Waals surface area contributed by atoms with Crippen molar-refractivity contribution in [1.29, 1.82) is 0 Å². The Kier molecular flexibility index (Phi) is 7.57. The lowest BCUT2D eigenvalue weighted by atomic mass is 9.85. The molecule has 3 N–H and O–H groups in total. The number of amides is 2. The van der Waals surface area contributed by atoms with Gasteiger partial charge in [0.2, 0.25) is 11.8 Å². The first-order valence-electron chi connectivity index (χ1n) is 10.1. The minimum atomic E-state index is -0.124. The maximum Gasteiger partial charge on any atom is 0.238 e. The van der Waals surface area contributed by atoms with E-state index in [0.29, 0.717) is 17.3 Å². The van der Waals surface area contributed by atoms with Crippen molar-refractivity contribution in [3.8, 4) is 0 Å². The molecule has 2 amide bonds. The van der Waals surface area contributed by atoms with E-state index < -0.39 is 0 Å². The van der Waals surface area contributed by atoms with Crippen molar-refractivity contribution in [2.45, 2.75) is 53.0 Å². The van der Waals surface area contributed by atoms with Crippen LogP contribution in [0, 0.1) is 5.92 Å². The molecule has 5 heteroatoms. The second kappa shape index (κ2) is 9.70. The first-order chi connectivity index (χ1) is 13.6. The largest absolute Gasteiger partial charge is 0.326 e. The van der Waals surface area contributed by atoms with Gasteiger partial charge in [-0.05, 0) is 46.7 Å². The summed E-state index contributed by atoms with van der Waals surface area (Å²) in [6, 6.07) is 15.8. The predicted molar refractivity (Wildman–Crippen MR) is 120 cm³/mol. The number of benzene rings is 2. The fourth-order valence-corrected chi connectivity index (χ4v) is 3.18. The molecule has 0 aromatic heterocycles. The lowest BCUT2D eigenvalue weighted by Crippen LogP contribution is -2.33. The number of rotatable bonds is 7. The second-order valence-electron chi connectivity index (χ2n) is 8.78. The molecule has 1 atom stereocenters. The summed E-state index contributed by atoms with van der Waals surface area (Å²) in [6.45, 7) is 12.6. The third kappa shape index (κ3) is 7.02. The fourth-order valence-electron chi connectivity index (χ4n) is 3.18. The molecule has 0 saturated heterocycles. The van der Waals surface area contributed by atoms with Gasteiger partial charge in [0, 0.05) is 24.3 Å².